The maximum absolute atomic E-state index is 12.1. The van der Waals surface area contributed by atoms with Gasteiger partial charge < -0.3 is 9.47 Å². The SMILES string of the molecule is COc1cc(C=O)cc(Cl)c1OC(=O)c1cccc([N+](=O)[O-])c1. The Morgan fingerprint density at radius 1 is 1.30 bits per heavy atom. The van der Waals surface area contributed by atoms with Gasteiger partial charge in [0.1, 0.15) is 6.29 Å². The van der Waals surface area contributed by atoms with Crippen molar-refractivity contribution in [3.8, 4) is 11.5 Å². The van der Waals surface area contributed by atoms with Crippen LogP contribution in [0.5, 0.6) is 11.5 Å². The number of esters is 1. The van der Waals surface area contributed by atoms with Gasteiger partial charge in [-0.2, -0.15) is 0 Å². The highest BCUT2D eigenvalue weighted by Crippen LogP contribution is 2.36. The van der Waals surface area contributed by atoms with Crippen LogP contribution in [-0.4, -0.2) is 24.3 Å². The molecule has 0 saturated carbocycles. The lowest BCUT2D eigenvalue weighted by atomic mass is 10.2. The van der Waals surface area contributed by atoms with E-state index in [0.717, 1.165) is 6.07 Å². The molecule has 0 saturated heterocycles. The number of hydrogen-bond donors (Lipinski definition) is 0. The highest BCUT2D eigenvalue weighted by atomic mass is 35.5. The molecule has 0 atom stereocenters. The Balaban J connectivity index is 2.35. The molecule has 0 aliphatic rings. The molecule has 0 aromatic heterocycles. The molecule has 23 heavy (non-hydrogen) atoms. The average Bonchev–Trinajstić information content (AvgIpc) is 2.56. The van der Waals surface area contributed by atoms with Crippen LogP contribution in [0.25, 0.3) is 0 Å². The predicted molar refractivity (Wildman–Crippen MR) is 81.4 cm³/mol. The maximum Gasteiger partial charge on any atom is 0.343 e. The van der Waals surface area contributed by atoms with Crippen LogP contribution in [0.1, 0.15) is 20.7 Å². The van der Waals surface area contributed by atoms with E-state index in [4.69, 9.17) is 21.1 Å². The summed E-state index contributed by atoms with van der Waals surface area (Å²) in [5.41, 5.74) is -0.00686. The summed E-state index contributed by atoms with van der Waals surface area (Å²) in [6, 6.07) is 7.74. The summed E-state index contributed by atoms with van der Waals surface area (Å²) < 4.78 is 10.2. The zero-order chi connectivity index (χ0) is 17.0. The van der Waals surface area contributed by atoms with Crippen molar-refractivity contribution in [3.05, 3.63) is 62.7 Å². The first kappa shape index (κ1) is 16.4. The number of hydrogen-bond acceptors (Lipinski definition) is 6. The van der Waals surface area contributed by atoms with E-state index >= 15 is 0 Å². The normalized spacial score (nSPS) is 10.0. The van der Waals surface area contributed by atoms with Crippen molar-refractivity contribution in [2.24, 2.45) is 0 Å². The highest BCUT2D eigenvalue weighted by Gasteiger charge is 2.18. The van der Waals surface area contributed by atoms with Crippen LogP contribution in [0, 0.1) is 10.1 Å². The number of carbonyl (C=O) groups excluding carboxylic acids is 2. The molecule has 0 aliphatic heterocycles. The molecule has 0 heterocycles. The zero-order valence-electron chi connectivity index (χ0n) is 11.8. The van der Waals surface area contributed by atoms with Gasteiger partial charge in [-0.15, -0.1) is 0 Å². The van der Waals surface area contributed by atoms with Crippen LogP contribution in [0.3, 0.4) is 0 Å². The topological polar surface area (TPSA) is 95.7 Å². The minimum absolute atomic E-state index is 0.00484. The van der Waals surface area contributed by atoms with Gasteiger partial charge in [0.05, 0.1) is 22.6 Å². The van der Waals surface area contributed by atoms with E-state index < -0.39 is 10.9 Å². The fourth-order valence-corrected chi connectivity index (χ4v) is 2.06. The van der Waals surface area contributed by atoms with E-state index in [1.54, 1.807) is 0 Å². The van der Waals surface area contributed by atoms with Gasteiger partial charge in [-0.25, -0.2) is 4.79 Å². The zero-order valence-corrected chi connectivity index (χ0v) is 12.6. The summed E-state index contributed by atoms with van der Waals surface area (Å²) in [6.45, 7) is 0. The number of aldehydes is 1. The van der Waals surface area contributed by atoms with E-state index in [1.165, 1.54) is 37.4 Å². The van der Waals surface area contributed by atoms with Gasteiger partial charge in [-0.3, -0.25) is 14.9 Å². The summed E-state index contributed by atoms with van der Waals surface area (Å²) in [4.78, 5) is 33.0. The Labute approximate surface area is 135 Å². The Morgan fingerprint density at radius 3 is 2.65 bits per heavy atom. The van der Waals surface area contributed by atoms with Gasteiger partial charge in [0.25, 0.3) is 5.69 Å². The van der Waals surface area contributed by atoms with Crippen LogP contribution in [0.15, 0.2) is 36.4 Å². The lowest BCUT2D eigenvalue weighted by Crippen LogP contribution is -2.10. The van der Waals surface area contributed by atoms with Crippen molar-refractivity contribution in [2.45, 2.75) is 0 Å². The predicted octanol–water partition coefficient (Wildman–Crippen LogP) is 3.29. The number of nitrogens with zero attached hydrogens (tertiary/aromatic N) is 1. The molecule has 118 valence electrons. The third kappa shape index (κ3) is 3.64. The van der Waals surface area contributed by atoms with Gasteiger partial charge in [0.2, 0.25) is 0 Å². The Kier molecular flexibility index (Phi) is 4.92. The molecule has 0 aliphatic carbocycles. The second kappa shape index (κ2) is 6.89. The van der Waals surface area contributed by atoms with Crippen molar-refractivity contribution in [1.82, 2.24) is 0 Å². The van der Waals surface area contributed by atoms with E-state index in [1.807, 2.05) is 0 Å². The van der Waals surface area contributed by atoms with Crippen LogP contribution in [0.4, 0.5) is 5.69 Å². The molecule has 2 aromatic carbocycles. The molecule has 0 spiro atoms. The first-order valence-corrected chi connectivity index (χ1v) is 6.63. The van der Waals surface area contributed by atoms with E-state index in [9.17, 15) is 19.7 Å². The number of benzene rings is 2. The molecule has 0 N–H and O–H groups in total. The summed E-state index contributed by atoms with van der Waals surface area (Å²) in [7, 11) is 1.32. The molecule has 7 nitrogen and oxygen atoms in total. The molecule has 0 radical (unpaired) electrons. The summed E-state index contributed by atoms with van der Waals surface area (Å²) >= 11 is 5.98. The van der Waals surface area contributed by atoms with Gasteiger partial charge >= 0.3 is 5.97 Å². The Bertz CT molecular complexity index is 790. The van der Waals surface area contributed by atoms with E-state index in [-0.39, 0.29) is 33.3 Å². The minimum Gasteiger partial charge on any atom is -0.493 e. The standard InChI is InChI=1S/C15H10ClNO6/c1-22-13-6-9(8-18)5-12(16)14(13)23-15(19)10-3-2-4-11(7-10)17(20)21/h2-8H,1H3. The highest BCUT2D eigenvalue weighted by molar-refractivity contribution is 6.32. The third-order valence-corrected chi connectivity index (χ3v) is 3.16. The number of ether oxygens (including phenoxy) is 2. The van der Waals surface area contributed by atoms with Crippen molar-refractivity contribution in [1.29, 1.82) is 0 Å². The van der Waals surface area contributed by atoms with Gasteiger partial charge in [0.15, 0.2) is 11.5 Å². The van der Waals surface area contributed by atoms with Gasteiger partial charge in [0, 0.05) is 17.7 Å². The van der Waals surface area contributed by atoms with Gasteiger partial charge in [-0.1, -0.05) is 17.7 Å². The smallest absolute Gasteiger partial charge is 0.343 e. The molecule has 2 aromatic rings. The third-order valence-electron chi connectivity index (χ3n) is 2.88. The first-order chi connectivity index (χ1) is 11.0. The van der Waals surface area contributed by atoms with E-state index in [0.29, 0.717) is 6.29 Å². The minimum atomic E-state index is -0.840. The first-order valence-electron chi connectivity index (χ1n) is 6.25. The molecule has 0 unspecified atom stereocenters. The van der Waals surface area contributed by atoms with Crippen LogP contribution in [-0.2, 0) is 0 Å². The Hall–Kier alpha value is -2.93. The fraction of sp³-hybridized carbons (Fsp3) is 0.0667. The fourth-order valence-electron chi connectivity index (χ4n) is 1.80. The number of halogens is 1. The number of carbonyl (C=O) groups is 2. The summed E-state index contributed by atoms with van der Waals surface area (Å²) in [5.74, 6) is -0.817. The molecular weight excluding hydrogens is 326 g/mol. The summed E-state index contributed by atoms with van der Waals surface area (Å²) in [5, 5.41) is 10.7. The second-order valence-electron chi connectivity index (χ2n) is 4.35. The van der Waals surface area contributed by atoms with E-state index in [2.05, 4.69) is 0 Å². The Morgan fingerprint density at radius 2 is 2.04 bits per heavy atom. The van der Waals surface area contributed by atoms with Crippen LogP contribution in [0.2, 0.25) is 5.02 Å². The molecular formula is C15H10ClNO6. The number of non-ortho nitro benzene ring substituents is 1. The van der Waals surface area contributed by atoms with Crippen LogP contribution < -0.4 is 9.47 Å². The summed E-state index contributed by atoms with van der Waals surface area (Å²) in [6.07, 6.45) is 0.570. The lowest BCUT2D eigenvalue weighted by molar-refractivity contribution is -0.384. The quantitative estimate of drug-likeness (QED) is 0.273. The molecule has 8 heteroatoms. The van der Waals surface area contributed by atoms with Gasteiger partial charge in [-0.05, 0) is 18.2 Å². The van der Waals surface area contributed by atoms with Crippen molar-refractivity contribution in [2.75, 3.05) is 7.11 Å². The second-order valence-corrected chi connectivity index (χ2v) is 4.76. The monoisotopic (exact) mass is 335 g/mol. The van der Waals surface area contributed by atoms with Crippen molar-refractivity contribution < 1.29 is 24.0 Å². The molecule has 2 rings (SSSR count). The number of rotatable bonds is 5. The van der Waals surface area contributed by atoms with Crippen molar-refractivity contribution >= 4 is 29.5 Å². The number of methoxy groups -OCH3 is 1. The maximum atomic E-state index is 12.1. The number of nitro groups is 1. The largest absolute Gasteiger partial charge is 0.493 e. The molecule has 0 bridgehead atoms. The lowest BCUT2D eigenvalue weighted by Gasteiger charge is -2.11. The molecule has 0 amide bonds. The average molecular weight is 336 g/mol. The molecule has 0 fully saturated rings. The van der Waals surface area contributed by atoms with Crippen LogP contribution >= 0.6 is 11.6 Å². The number of nitro benzene ring substituents is 1. The van der Waals surface area contributed by atoms with Crippen molar-refractivity contribution in [3.63, 3.8) is 0 Å².